The molecular formula is C10H11FO3. The van der Waals surface area contributed by atoms with E-state index in [0.717, 1.165) is 0 Å². The molecule has 14 heavy (non-hydrogen) atoms. The van der Waals surface area contributed by atoms with Crippen molar-refractivity contribution in [2.24, 2.45) is 0 Å². The Morgan fingerprint density at radius 3 is 3.00 bits per heavy atom. The summed E-state index contributed by atoms with van der Waals surface area (Å²) >= 11 is 0. The molecule has 2 N–H and O–H groups in total. The van der Waals surface area contributed by atoms with Crippen LogP contribution in [0.25, 0.3) is 0 Å². The Morgan fingerprint density at radius 1 is 1.50 bits per heavy atom. The summed E-state index contributed by atoms with van der Waals surface area (Å²) in [7, 11) is 0. The monoisotopic (exact) mass is 198 g/mol. The van der Waals surface area contributed by atoms with Crippen LogP contribution in [0.15, 0.2) is 18.2 Å². The van der Waals surface area contributed by atoms with Gasteiger partial charge < -0.3 is 14.9 Å². The molecule has 1 heterocycles. The van der Waals surface area contributed by atoms with Gasteiger partial charge in [-0.25, -0.2) is 4.39 Å². The van der Waals surface area contributed by atoms with Crippen LogP contribution in [0.2, 0.25) is 0 Å². The topological polar surface area (TPSA) is 49.7 Å². The van der Waals surface area contributed by atoms with E-state index in [1.54, 1.807) is 0 Å². The van der Waals surface area contributed by atoms with Gasteiger partial charge in [0.25, 0.3) is 0 Å². The minimum absolute atomic E-state index is 0.145. The van der Waals surface area contributed by atoms with Crippen molar-refractivity contribution in [2.75, 3.05) is 6.61 Å². The summed E-state index contributed by atoms with van der Waals surface area (Å²) in [5.74, 6) is 0.0537. The van der Waals surface area contributed by atoms with Crippen LogP contribution in [0.1, 0.15) is 18.1 Å². The first-order chi connectivity index (χ1) is 6.70. The second-order valence-electron chi connectivity index (χ2n) is 3.36. The van der Waals surface area contributed by atoms with Crippen LogP contribution in [-0.4, -0.2) is 22.9 Å². The number of rotatable bonds is 1. The quantitative estimate of drug-likeness (QED) is 0.707. The van der Waals surface area contributed by atoms with Gasteiger partial charge in [0, 0.05) is 12.0 Å². The van der Waals surface area contributed by atoms with Crippen molar-refractivity contribution >= 4 is 0 Å². The minimum atomic E-state index is -0.758. The van der Waals surface area contributed by atoms with E-state index in [-0.39, 0.29) is 6.61 Å². The number of benzene rings is 1. The van der Waals surface area contributed by atoms with Crippen LogP contribution < -0.4 is 4.74 Å². The molecule has 1 aromatic carbocycles. The summed E-state index contributed by atoms with van der Waals surface area (Å²) in [6.07, 6.45) is -0.859. The zero-order valence-corrected chi connectivity index (χ0v) is 7.48. The van der Waals surface area contributed by atoms with Crippen molar-refractivity contribution in [3.63, 3.8) is 0 Å². The molecule has 0 bridgehead atoms. The van der Waals surface area contributed by atoms with E-state index in [2.05, 4.69) is 0 Å². The number of aliphatic hydroxyl groups excluding tert-OH is 2. The maximum absolute atomic E-state index is 12.8. The molecule has 3 nitrogen and oxygen atoms in total. The molecule has 76 valence electrons. The molecule has 2 unspecified atom stereocenters. The Hall–Kier alpha value is -1.13. The molecule has 0 fully saturated rings. The highest BCUT2D eigenvalue weighted by molar-refractivity contribution is 5.37. The van der Waals surface area contributed by atoms with Gasteiger partial charge in [-0.15, -0.1) is 0 Å². The molecule has 2 atom stereocenters. The fourth-order valence-corrected chi connectivity index (χ4v) is 1.60. The largest absolute Gasteiger partial charge is 0.488 e. The van der Waals surface area contributed by atoms with Gasteiger partial charge in [0.2, 0.25) is 0 Å². The van der Waals surface area contributed by atoms with Crippen molar-refractivity contribution in [3.8, 4) is 5.75 Å². The third kappa shape index (κ3) is 1.58. The van der Waals surface area contributed by atoms with E-state index in [1.165, 1.54) is 18.2 Å². The van der Waals surface area contributed by atoms with Gasteiger partial charge in [0.15, 0.2) is 0 Å². The van der Waals surface area contributed by atoms with Crippen molar-refractivity contribution in [1.82, 2.24) is 0 Å². The summed E-state index contributed by atoms with van der Waals surface area (Å²) in [6, 6.07) is 3.99. The van der Waals surface area contributed by atoms with E-state index in [9.17, 15) is 9.50 Å². The van der Waals surface area contributed by atoms with Gasteiger partial charge in [-0.2, -0.15) is 0 Å². The standard InChI is InChI=1S/C10H11FO3/c11-6-1-2-10-8(3-6)9(13)4-7(5-12)14-10/h1-3,7,9,12-13H,4-5H2. The molecule has 0 aliphatic carbocycles. The van der Waals surface area contributed by atoms with Crippen LogP contribution in [0, 0.1) is 5.82 Å². The fraction of sp³-hybridized carbons (Fsp3) is 0.400. The molecule has 0 amide bonds. The van der Waals surface area contributed by atoms with Gasteiger partial charge in [-0.1, -0.05) is 0 Å². The van der Waals surface area contributed by atoms with Gasteiger partial charge >= 0.3 is 0 Å². The van der Waals surface area contributed by atoms with Gasteiger partial charge in [-0.3, -0.25) is 0 Å². The van der Waals surface area contributed by atoms with E-state index in [1.807, 2.05) is 0 Å². The number of hydrogen-bond acceptors (Lipinski definition) is 3. The first kappa shape index (κ1) is 9.43. The van der Waals surface area contributed by atoms with E-state index < -0.39 is 18.0 Å². The SMILES string of the molecule is OCC1CC(O)c2cc(F)ccc2O1. The first-order valence-corrected chi connectivity index (χ1v) is 4.45. The third-order valence-electron chi connectivity index (χ3n) is 2.31. The van der Waals surface area contributed by atoms with Crippen LogP contribution in [-0.2, 0) is 0 Å². The maximum atomic E-state index is 12.8. The predicted octanol–water partition coefficient (Wildman–Crippen LogP) is 1.00. The van der Waals surface area contributed by atoms with Crippen molar-refractivity contribution in [1.29, 1.82) is 0 Å². The lowest BCUT2D eigenvalue weighted by atomic mass is 9.99. The second-order valence-corrected chi connectivity index (χ2v) is 3.36. The van der Waals surface area contributed by atoms with Crippen LogP contribution in [0.3, 0.4) is 0 Å². The molecular weight excluding hydrogens is 187 g/mol. The Labute approximate surface area is 80.8 Å². The summed E-state index contributed by atoms with van der Waals surface area (Å²) in [4.78, 5) is 0. The highest BCUT2D eigenvalue weighted by atomic mass is 19.1. The van der Waals surface area contributed by atoms with Crippen LogP contribution in [0.5, 0.6) is 5.75 Å². The fourth-order valence-electron chi connectivity index (χ4n) is 1.60. The van der Waals surface area contributed by atoms with Gasteiger partial charge in [0.05, 0.1) is 12.7 Å². The summed E-state index contributed by atoms with van der Waals surface area (Å²) in [6.45, 7) is -0.145. The number of ether oxygens (including phenoxy) is 1. The lowest BCUT2D eigenvalue weighted by Gasteiger charge is -2.28. The molecule has 4 heteroatoms. The van der Waals surface area contributed by atoms with E-state index in [4.69, 9.17) is 9.84 Å². The normalized spacial score (nSPS) is 25.4. The zero-order valence-electron chi connectivity index (χ0n) is 7.48. The smallest absolute Gasteiger partial charge is 0.125 e. The summed E-state index contributed by atoms with van der Waals surface area (Å²) in [5.41, 5.74) is 0.453. The zero-order chi connectivity index (χ0) is 10.1. The summed E-state index contributed by atoms with van der Waals surface area (Å²) in [5, 5.41) is 18.5. The van der Waals surface area contributed by atoms with Crippen LogP contribution in [0.4, 0.5) is 4.39 Å². The van der Waals surface area contributed by atoms with Crippen LogP contribution >= 0.6 is 0 Å². The lowest BCUT2D eigenvalue weighted by molar-refractivity contribution is 0.0330. The predicted molar refractivity (Wildman–Crippen MR) is 47.5 cm³/mol. The molecule has 0 saturated heterocycles. The Balaban J connectivity index is 2.35. The van der Waals surface area contributed by atoms with Crippen molar-refractivity contribution in [2.45, 2.75) is 18.6 Å². The third-order valence-corrected chi connectivity index (χ3v) is 2.31. The van der Waals surface area contributed by atoms with Crippen molar-refractivity contribution < 1.29 is 19.3 Å². The molecule has 2 rings (SSSR count). The lowest BCUT2D eigenvalue weighted by Crippen LogP contribution is -2.28. The molecule has 0 spiro atoms. The number of aliphatic hydroxyl groups is 2. The molecule has 1 aliphatic heterocycles. The summed E-state index contributed by atoms with van der Waals surface area (Å²) < 4.78 is 18.2. The molecule has 1 aromatic rings. The second kappa shape index (κ2) is 3.55. The molecule has 0 radical (unpaired) electrons. The number of halogens is 1. The molecule has 0 aromatic heterocycles. The van der Waals surface area contributed by atoms with Crippen molar-refractivity contribution in [3.05, 3.63) is 29.6 Å². The Morgan fingerprint density at radius 2 is 2.29 bits per heavy atom. The average molecular weight is 198 g/mol. The van der Waals surface area contributed by atoms with E-state index in [0.29, 0.717) is 17.7 Å². The Bertz CT molecular complexity index is 340. The highest BCUT2D eigenvalue weighted by Crippen LogP contribution is 2.34. The first-order valence-electron chi connectivity index (χ1n) is 4.45. The minimum Gasteiger partial charge on any atom is -0.488 e. The Kier molecular flexibility index (Phi) is 2.39. The highest BCUT2D eigenvalue weighted by Gasteiger charge is 2.26. The van der Waals surface area contributed by atoms with Gasteiger partial charge in [0.1, 0.15) is 17.7 Å². The maximum Gasteiger partial charge on any atom is 0.125 e. The number of fused-ring (bicyclic) bond motifs is 1. The molecule has 0 saturated carbocycles. The molecule has 1 aliphatic rings. The number of hydrogen-bond donors (Lipinski definition) is 2. The van der Waals surface area contributed by atoms with Gasteiger partial charge in [-0.05, 0) is 18.2 Å². The van der Waals surface area contributed by atoms with E-state index >= 15 is 0 Å². The average Bonchev–Trinajstić information content (AvgIpc) is 2.19.